The lowest BCUT2D eigenvalue weighted by Crippen LogP contribution is -2.39. The highest BCUT2D eigenvalue weighted by Gasteiger charge is 2.33. The van der Waals surface area contributed by atoms with Gasteiger partial charge in [0.25, 0.3) is 5.91 Å². The Labute approximate surface area is 132 Å². The van der Waals surface area contributed by atoms with Gasteiger partial charge in [0.15, 0.2) is 6.10 Å². The fourth-order valence-corrected chi connectivity index (χ4v) is 2.57. The molecule has 2 atom stereocenters. The molecule has 1 aliphatic rings. The molecule has 1 aromatic carbocycles. The number of carbonyl (C=O) groups excluding carboxylic acids is 1. The molecule has 1 amide bonds. The van der Waals surface area contributed by atoms with Crippen LogP contribution in [0.2, 0.25) is 10.0 Å². The number of carboxylic acid groups (broad SMARTS) is 1. The first kappa shape index (κ1) is 15.9. The zero-order valence-corrected chi connectivity index (χ0v) is 12.9. The summed E-state index contributed by atoms with van der Waals surface area (Å²) in [7, 11) is 0. The molecule has 1 fully saturated rings. The summed E-state index contributed by atoms with van der Waals surface area (Å²) in [5.74, 6) is -1.30. The van der Waals surface area contributed by atoms with Gasteiger partial charge in [-0.25, -0.2) is 0 Å². The van der Waals surface area contributed by atoms with E-state index in [1.165, 1.54) is 4.90 Å². The largest absolute Gasteiger partial charge is 0.481 e. The van der Waals surface area contributed by atoms with Crippen molar-refractivity contribution >= 4 is 35.1 Å². The summed E-state index contributed by atoms with van der Waals surface area (Å²) in [6.45, 7) is 2.24. The highest BCUT2D eigenvalue weighted by Crippen LogP contribution is 2.32. The highest BCUT2D eigenvalue weighted by molar-refractivity contribution is 6.42. The minimum Gasteiger partial charge on any atom is -0.481 e. The molecule has 114 valence electrons. The van der Waals surface area contributed by atoms with Crippen LogP contribution in [0, 0.1) is 5.92 Å². The van der Waals surface area contributed by atoms with E-state index in [-0.39, 0.29) is 17.5 Å². The van der Waals surface area contributed by atoms with Crippen LogP contribution in [-0.2, 0) is 9.59 Å². The van der Waals surface area contributed by atoms with Gasteiger partial charge >= 0.3 is 5.97 Å². The topological polar surface area (TPSA) is 66.8 Å². The van der Waals surface area contributed by atoms with Gasteiger partial charge in [0.1, 0.15) is 10.8 Å². The Bertz CT molecular complexity index is 564. The number of hydrogen-bond donors (Lipinski definition) is 1. The molecule has 1 saturated heterocycles. The van der Waals surface area contributed by atoms with Gasteiger partial charge in [0, 0.05) is 13.1 Å². The molecule has 5 nitrogen and oxygen atoms in total. The van der Waals surface area contributed by atoms with Crippen LogP contribution in [0.25, 0.3) is 0 Å². The van der Waals surface area contributed by atoms with Gasteiger partial charge in [0.2, 0.25) is 0 Å². The molecule has 2 rings (SSSR count). The van der Waals surface area contributed by atoms with Crippen molar-refractivity contribution in [3.63, 3.8) is 0 Å². The molecule has 0 spiro atoms. The zero-order valence-electron chi connectivity index (χ0n) is 11.4. The average Bonchev–Trinajstić information content (AvgIpc) is 2.93. The smallest absolute Gasteiger partial charge is 0.308 e. The molecule has 7 heteroatoms. The number of nitrogens with zero attached hydrogens (tertiary/aromatic N) is 1. The zero-order chi connectivity index (χ0) is 15.6. The van der Waals surface area contributed by atoms with E-state index < -0.39 is 18.0 Å². The van der Waals surface area contributed by atoms with Crippen LogP contribution in [0.4, 0.5) is 0 Å². The van der Waals surface area contributed by atoms with E-state index in [2.05, 4.69) is 0 Å². The van der Waals surface area contributed by atoms with Crippen LogP contribution in [0.1, 0.15) is 13.3 Å². The maximum absolute atomic E-state index is 12.2. The Balaban J connectivity index is 2.00. The average molecular weight is 332 g/mol. The number of amides is 1. The minimum absolute atomic E-state index is 0.213. The maximum atomic E-state index is 12.2. The summed E-state index contributed by atoms with van der Waals surface area (Å²) in [5.41, 5.74) is 0. The van der Waals surface area contributed by atoms with Crippen LogP contribution < -0.4 is 4.74 Å². The van der Waals surface area contributed by atoms with Gasteiger partial charge in [-0.05, 0) is 25.5 Å². The van der Waals surface area contributed by atoms with Gasteiger partial charge < -0.3 is 14.7 Å². The van der Waals surface area contributed by atoms with Gasteiger partial charge in [-0.3, -0.25) is 9.59 Å². The predicted molar refractivity (Wildman–Crippen MR) is 78.9 cm³/mol. The van der Waals surface area contributed by atoms with E-state index in [4.69, 9.17) is 33.0 Å². The molecule has 0 bridgehead atoms. The SMILES string of the molecule is CC(Oc1cccc(Cl)c1Cl)C(=O)N1CCC(C(=O)O)C1. The Morgan fingerprint density at radius 1 is 1.43 bits per heavy atom. The third kappa shape index (κ3) is 3.60. The summed E-state index contributed by atoms with van der Waals surface area (Å²) >= 11 is 11.9. The molecule has 1 N–H and O–H groups in total. The molecule has 0 radical (unpaired) electrons. The number of aliphatic carboxylic acids is 1. The number of carbonyl (C=O) groups is 2. The molecule has 1 aromatic rings. The Hall–Kier alpha value is -1.46. The van der Waals surface area contributed by atoms with Crippen molar-refractivity contribution in [2.45, 2.75) is 19.4 Å². The van der Waals surface area contributed by atoms with Gasteiger partial charge in [-0.1, -0.05) is 29.3 Å². The number of rotatable bonds is 4. The number of hydrogen-bond acceptors (Lipinski definition) is 3. The number of benzene rings is 1. The maximum Gasteiger partial charge on any atom is 0.308 e. The molecular weight excluding hydrogens is 317 g/mol. The number of carboxylic acids is 1. The fourth-order valence-electron chi connectivity index (χ4n) is 2.24. The molecule has 0 saturated carbocycles. The van der Waals surface area contributed by atoms with E-state index in [1.807, 2.05) is 0 Å². The van der Waals surface area contributed by atoms with Crippen molar-refractivity contribution in [1.82, 2.24) is 4.90 Å². The summed E-state index contributed by atoms with van der Waals surface area (Å²) < 4.78 is 5.54. The lowest BCUT2D eigenvalue weighted by atomic mass is 10.1. The van der Waals surface area contributed by atoms with Crippen LogP contribution in [-0.4, -0.2) is 41.1 Å². The first-order valence-electron chi connectivity index (χ1n) is 6.52. The van der Waals surface area contributed by atoms with Gasteiger partial charge in [-0.2, -0.15) is 0 Å². The minimum atomic E-state index is -0.878. The molecular formula is C14H15Cl2NO4. The highest BCUT2D eigenvalue weighted by atomic mass is 35.5. The lowest BCUT2D eigenvalue weighted by Gasteiger charge is -2.22. The summed E-state index contributed by atoms with van der Waals surface area (Å²) in [6.07, 6.45) is -0.292. The lowest BCUT2D eigenvalue weighted by molar-refractivity contribution is -0.142. The number of halogens is 2. The predicted octanol–water partition coefficient (Wildman–Crippen LogP) is 2.69. The molecule has 21 heavy (non-hydrogen) atoms. The van der Waals surface area contributed by atoms with Crippen molar-refractivity contribution in [1.29, 1.82) is 0 Å². The van der Waals surface area contributed by atoms with Crippen molar-refractivity contribution in [3.8, 4) is 5.75 Å². The molecule has 2 unspecified atom stereocenters. The monoisotopic (exact) mass is 331 g/mol. The number of ether oxygens (including phenoxy) is 1. The normalized spacial score (nSPS) is 19.4. The van der Waals surface area contributed by atoms with E-state index in [1.54, 1.807) is 25.1 Å². The van der Waals surface area contributed by atoms with Crippen LogP contribution >= 0.6 is 23.2 Å². The van der Waals surface area contributed by atoms with E-state index in [9.17, 15) is 9.59 Å². The van der Waals surface area contributed by atoms with E-state index >= 15 is 0 Å². The molecule has 1 aliphatic heterocycles. The standard InChI is InChI=1S/C14H15Cl2NO4/c1-8(21-11-4-2-3-10(15)12(11)16)13(18)17-6-5-9(7-17)14(19)20/h2-4,8-9H,5-7H2,1H3,(H,19,20). The van der Waals surface area contributed by atoms with Crippen molar-refractivity contribution in [2.75, 3.05) is 13.1 Å². The van der Waals surface area contributed by atoms with Crippen molar-refractivity contribution < 1.29 is 19.4 Å². The van der Waals surface area contributed by atoms with Gasteiger partial charge in [0.05, 0.1) is 10.9 Å². The summed E-state index contributed by atoms with van der Waals surface area (Å²) in [5, 5.41) is 9.55. The van der Waals surface area contributed by atoms with Crippen molar-refractivity contribution in [3.05, 3.63) is 28.2 Å². The Morgan fingerprint density at radius 3 is 2.76 bits per heavy atom. The second-order valence-electron chi connectivity index (χ2n) is 4.92. The van der Waals surface area contributed by atoms with Crippen molar-refractivity contribution in [2.24, 2.45) is 5.92 Å². The van der Waals surface area contributed by atoms with Crippen LogP contribution in [0.15, 0.2) is 18.2 Å². The van der Waals surface area contributed by atoms with Gasteiger partial charge in [-0.15, -0.1) is 0 Å². The van der Waals surface area contributed by atoms with Crippen LogP contribution in [0.3, 0.4) is 0 Å². The summed E-state index contributed by atoms with van der Waals surface area (Å²) in [4.78, 5) is 24.7. The fraction of sp³-hybridized carbons (Fsp3) is 0.429. The van der Waals surface area contributed by atoms with E-state index in [0.717, 1.165) is 0 Å². The molecule has 1 heterocycles. The van der Waals surface area contributed by atoms with Crippen LogP contribution in [0.5, 0.6) is 5.75 Å². The first-order valence-corrected chi connectivity index (χ1v) is 7.28. The number of likely N-dealkylation sites (tertiary alicyclic amines) is 1. The Kier molecular flexibility index (Phi) is 4.96. The molecule has 0 aromatic heterocycles. The third-order valence-electron chi connectivity index (χ3n) is 3.42. The van der Waals surface area contributed by atoms with E-state index in [0.29, 0.717) is 23.7 Å². The quantitative estimate of drug-likeness (QED) is 0.921. The second kappa shape index (κ2) is 6.54. The molecule has 0 aliphatic carbocycles. The Morgan fingerprint density at radius 2 is 2.14 bits per heavy atom. The second-order valence-corrected chi connectivity index (χ2v) is 5.71. The third-order valence-corrected chi connectivity index (χ3v) is 4.22. The first-order chi connectivity index (χ1) is 9.90. The summed E-state index contributed by atoms with van der Waals surface area (Å²) in [6, 6.07) is 4.93.